The van der Waals surface area contributed by atoms with Crippen molar-refractivity contribution in [2.24, 2.45) is 11.3 Å². The molecular weight excluding hydrogens is 136 g/mol. The lowest BCUT2D eigenvalue weighted by Gasteiger charge is -2.20. The Hall–Kier alpha value is -0.590. The topological polar surface area (TPSA) is 17.1 Å². The summed E-state index contributed by atoms with van der Waals surface area (Å²) < 4.78 is 0. The molecule has 2 aliphatic carbocycles. The van der Waals surface area contributed by atoms with Crippen molar-refractivity contribution in [3.05, 3.63) is 12.7 Å². The van der Waals surface area contributed by atoms with Gasteiger partial charge in [0.1, 0.15) is 5.78 Å². The first-order valence-corrected chi connectivity index (χ1v) is 4.45. The maximum Gasteiger partial charge on any atom is 0.139 e. The van der Waals surface area contributed by atoms with Gasteiger partial charge in [-0.25, -0.2) is 0 Å². The van der Waals surface area contributed by atoms with Gasteiger partial charge in [-0.2, -0.15) is 0 Å². The second-order valence-corrected chi connectivity index (χ2v) is 3.83. The molecule has 0 aromatic heterocycles. The predicted molar refractivity (Wildman–Crippen MR) is 44.2 cm³/mol. The Morgan fingerprint density at radius 2 is 2.36 bits per heavy atom. The van der Waals surface area contributed by atoms with E-state index in [1.165, 1.54) is 6.42 Å². The largest absolute Gasteiger partial charge is 0.299 e. The van der Waals surface area contributed by atoms with Gasteiger partial charge in [0, 0.05) is 11.8 Å². The highest BCUT2D eigenvalue weighted by Crippen LogP contribution is 2.59. The first kappa shape index (κ1) is 7.08. The molecular formula is C10H14O. The molecule has 2 rings (SSSR count). The Kier molecular flexibility index (Phi) is 1.41. The summed E-state index contributed by atoms with van der Waals surface area (Å²) >= 11 is 0. The summed E-state index contributed by atoms with van der Waals surface area (Å²) in [6, 6.07) is 0. The van der Waals surface area contributed by atoms with Crippen LogP contribution < -0.4 is 0 Å². The molecule has 1 heteroatoms. The van der Waals surface area contributed by atoms with E-state index in [4.69, 9.17) is 0 Å². The van der Waals surface area contributed by atoms with Crippen molar-refractivity contribution in [3.8, 4) is 0 Å². The first-order valence-electron chi connectivity index (χ1n) is 4.45. The summed E-state index contributed by atoms with van der Waals surface area (Å²) in [6.07, 6.45) is 7.37. The molecule has 0 heterocycles. The van der Waals surface area contributed by atoms with Gasteiger partial charge in [0.25, 0.3) is 0 Å². The van der Waals surface area contributed by atoms with E-state index in [1.54, 1.807) is 0 Å². The molecule has 2 saturated carbocycles. The lowest BCUT2D eigenvalue weighted by molar-refractivity contribution is -0.126. The van der Waals surface area contributed by atoms with Gasteiger partial charge in [-0.15, -0.1) is 6.58 Å². The third-order valence-corrected chi connectivity index (χ3v) is 3.25. The molecule has 0 N–H and O–H groups in total. The van der Waals surface area contributed by atoms with Gasteiger partial charge in [0.15, 0.2) is 0 Å². The standard InChI is InChI=1S/C10H14O/c1-2-8-7-10(8)6-4-3-5-9(10)11/h2,8H,1,3-7H2/t8-,10-/m0/s1. The minimum Gasteiger partial charge on any atom is -0.299 e. The molecule has 60 valence electrons. The molecule has 0 radical (unpaired) electrons. The quantitative estimate of drug-likeness (QED) is 0.524. The average molecular weight is 150 g/mol. The number of allylic oxidation sites excluding steroid dienone is 1. The van der Waals surface area contributed by atoms with Crippen LogP contribution in [-0.2, 0) is 4.79 Å². The average Bonchev–Trinajstić information content (AvgIpc) is 2.72. The van der Waals surface area contributed by atoms with E-state index >= 15 is 0 Å². The van der Waals surface area contributed by atoms with Crippen molar-refractivity contribution in [2.45, 2.75) is 32.1 Å². The molecule has 1 spiro atoms. The van der Waals surface area contributed by atoms with Crippen LogP contribution in [-0.4, -0.2) is 5.78 Å². The third-order valence-electron chi connectivity index (χ3n) is 3.25. The van der Waals surface area contributed by atoms with Gasteiger partial charge in [0.2, 0.25) is 0 Å². The highest BCUT2D eigenvalue weighted by molar-refractivity contribution is 5.89. The zero-order chi connectivity index (χ0) is 7.90. The van der Waals surface area contributed by atoms with Crippen molar-refractivity contribution >= 4 is 5.78 Å². The van der Waals surface area contributed by atoms with Crippen LogP contribution in [0.3, 0.4) is 0 Å². The molecule has 11 heavy (non-hydrogen) atoms. The van der Waals surface area contributed by atoms with E-state index in [2.05, 4.69) is 6.58 Å². The molecule has 1 nitrogen and oxygen atoms in total. The lowest BCUT2D eigenvalue weighted by Crippen LogP contribution is -2.21. The van der Waals surface area contributed by atoms with Crippen LogP contribution in [0.2, 0.25) is 0 Å². The van der Waals surface area contributed by atoms with Crippen molar-refractivity contribution < 1.29 is 4.79 Å². The van der Waals surface area contributed by atoms with E-state index in [-0.39, 0.29) is 5.41 Å². The predicted octanol–water partition coefficient (Wildman–Crippen LogP) is 2.32. The first-order chi connectivity index (χ1) is 5.29. The monoisotopic (exact) mass is 150 g/mol. The summed E-state index contributed by atoms with van der Waals surface area (Å²) in [5.74, 6) is 1.03. The summed E-state index contributed by atoms with van der Waals surface area (Å²) in [5.41, 5.74) is 0.0972. The molecule has 2 atom stereocenters. The van der Waals surface area contributed by atoms with Gasteiger partial charge in [0.05, 0.1) is 0 Å². The second kappa shape index (κ2) is 2.20. The minimum atomic E-state index is 0.0972. The molecule has 0 unspecified atom stereocenters. The van der Waals surface area contributed by atoms with E-state index in [0.717, 1.165) is 25.7 Å². The summed E-state index contributed by atoms with van der Waals surface area (Å²) in [5, 5.41) is 0. The van der Waals surface area contributed by atoms with Crippen LogP contribution in [0.4, 0.5) is 0 Å². The van der Waals surface area contributed by atoms with Gasteiger partial charge >= 0.3 is 0 Å². The highest BCUT2D eigenvalue weighted by atomic mass is 16.1. The van der Waals surface area contributed by atoms with Crippen LogP contribution in [0.5, 0.6) is 0 Å². The fraction of sp³-hybridized carbons (Fsp3) is 0.700. The molecule has 0 aromatic rings. The summed E-state index contributed by atoms with van der Waals surface area (Å²) in [6.45, 7) is 3.75. The smallest absolute Gasteiger partial charge is 0.139 e. The number of rotatable bonds is 1. The van der Waals surface area contributed by atoms with E-state index in [1.807, 2.05) is 6.08 Å². The van der Waals surface area contributed by atoms with Gasteiger partial charge in [-0.05, 0) is 25.2 Å². The van der Waals surface area contributed by atoms with Gasteiger partial charge in [-0.3, -0.25) is 4.79 Å². The van der Waals surface area contributed by atoms with Crippen LogP contribution >= 0.6 is 0 Å². The Morgan fingerprint density at radius 3 is 2.91 bits per heavy atom. The number of ketones is 1. The van der Waals surface area contributed by atoms with Gasteiger partial charge in [-0.1, -0.05) is 12.5 Å². The Bertz CT molecular complexity index is 207. The minimum absolute atomic E-state index is 0.0972. The zero-order valence-electron chi connectivity index (χ0n) is 6.81. The molecule has 0 amide bonds. The second-order valence-electron chi connectivity index (χ2n) is 3.83. The number of hydrogen-bond donors (Lipinski definition) is 0. The normalized spacial score (nSPS) is 42.5. The number of Topliss-reactive ketones (excluding diaryl/α,β-unsaturated/α-hetero) is 1. The van der Waals surface area contributed by atoms with Crippen LogP contribution in [0.1, 0.15) is 32.1 Å². The third kappa shape index (κ3) is 0.867. The molecule has 0 bridgehead atoms. The zero-order valence-corrected chi connectivity index (χ0v) is 6.81. The maximum absolute atomic E-state index is 11.5. The number of carbonyl (C=O) groups excluding carboxylic acids is 1. The highest BCUT2D eigenvalue weighted by Gasteiger charge is 2.57. The number of hydrogen-bond acceptors (Lipinski definition) is 1. The Balaban J connectivity index is 2.13. The Morgan fingerprint density at radius 1 is 1.55 bits per heavy atom. The Labute approximate surface area is 67.5 Å². The van der Waals surface area contributed by atoms with Gasteiger partial charge < -0.3 is 0 Å². The molecule has 0 aliphatic heterocycles. The molecule has 0 saturated heterocycles. The molecule has 2 fully saturated rings. The van der Waals surface area contributed by atoms with Crippen LogP contribution in [0.25, 0.3) is 0 Å². The van der Waals surface area contributed by atoms with Crippen molar-refractivity contribution in [1.29, 1.82) is 0 Å². The maximum atomic E-state index is 11.5. The fourth-order valence-electron chi connectivity index (χ4n) is 2.36. The van der Waals surface area contributed by atoms with E-state index in [0.29, 0.717) is 11.7 Å². The molecule has 2 aliphatic rings. The van der Waals surface area contributed by atoms with Crippen LogP contribution in [0, 0.1) is 11.3 Å². The number of carbonyl (C=O) groups is 1. The van der Waals surface area contributed by atoms with Crippen molar-refractivity contribution in [2.75, 3.05) is 0 Å². The van der Waals surface area contributed by atoms with E-state index < -0.39 is 0 Å². The summed E-state index contributed by atoms with van der Waals surface area (Å²) in [4.78, 5) is 11.5. The SMILES string of the molecule is C=C[C@H]1C[C@@]12CCCCC2=O. The lowest BCUT2D eigenvalue weighted by atomic mass is 9.83. The summed E-state index contributed by atoms with van der Waals surface area (Å²) in [7, 11) is 0. The van der Waals surface area contributed by atoms with Crippen LogP contribution in [0.15, 0.2) is 12.7 Å². The van der Waals surface area contributed by atoms with Crippen molar-refractivity contribution in [1.82, 2.24) is 0 Å². The molecule has 0 aromatic carbocycles. The van der Waals surface area contributed by atoms with Crippen molar-refractivity contribution in [3.63, 3.8) is 0 Å². The van der Waals surface area contributed by atoms with E-state index in [9.17, 15) is 4.79 Å². The fourth-order valence-corrected chi connectivity index (χ4v) is 2.36.